The molecule has 122 valence electrons. The molecule has 0 aliphatic carbocycles. The Balaban J connectivity index is 1.83. The van der Waals surface area contributed by atoms with Crippen molar-refractivity contribution in [2.75, 3.05) is 25.2 Å². The molecule has 2 heterocycles. The Morgan fingerprint density at radius 3 is 2.61 bits per heavy atom. The highest BCUT2D eigenvalue weighted by Gasteiger charge is 2.27. The molecule has 1 fully saturated rings. The van der Waals surface area contributed by atoms with Crippen LogP contribution in [0.5, 0.6) is 5.75 Å². The van der Waals surface area contributed by atoms with Gasteiger partial charge in [0.2, 0.25) is 5.91 Å². The number of rotatable bonds is 5. The molecule has 0 radical (unpaired) electrons. The zero-order valence-electron chi connectivity index (χ0n) is 13.2. The summed E-state index contributed by atoms with van der Waals surface area (Å²) in [5, 5.41) is 2.04. The fourth-order valence-electron chi connectivity index (χ4n) is 2.78. The topological polar surface area (TPSA) is 38.8 Å². The lowest BCUT2D eigenvalue weighted by molar-refractivity contribution is -0.125. The number of methoxy groups -OCH3 is 1. The Hall–Kier alpha value is -1.85. The van der Waals surface area contributed by atoms with Crippen LogP contribution in [0.1, 0.15) is 17.7 Å². The highest BCUT2D eigenvalue weighted by atomic mass is 32.1. The molecule has 3 rings (SSSR count). The van der Waals surface area contributed by atoms with E-state index >= 15 is 0 Å². The molecule has 5 heteroatoms. The summed E-state index contributed by atoms with van der Waals surface area (Å²) in [6.07, 6.45) is 1.60. The number of benzene rings is 1. The first-order chi connectivity index (χ1) is 11.3. The van der Waals surface area contributed by atoms with Crippen molar-refractivity contribution >= 4 is 22.9 Å². The van der Waals surface area contributed by atoms with E-state index in [0.29, 0.717) is 19.8 Å². The fraction of sp³-hybridized carbons (Fsp3) is 0.389. The maximum absolute atomic E-state index is 13.0. The second-order valence-corrected chi connectivity index (χ2v) is 6.62. The van der Waals surface area contributed by atoms with Crippen molar-refractivity contribution in [1.82, 2.24) is 0 Å². The fourth-order valence-corrected chi connectivity index (χ4v) is 3.47. The van der Waals surface area contributed by atoms with Gasteiger partial charge >= 0.3 is 0 Å². The Labute approximate surface area is 140 Å². The molecule has 1 saturated heterocycles. The minimum atomic E-state index is 0.0470. The monoisotopic (exact) mass is 331 g/mol. The summed E-state index contributed by atoms with van der Waals surface area (Å²) in [5.74, 6) is 1.03. The summed E-state index contributed by atoms with van der Waals surface area (Å²) < 4.78 is 10.6. The average Bonchev–Trinajstić information content (AvgIpc) is 3.13. The van der Waals surface area contributed by atoms with Gasteiger partial charge in [-0.05, 0) is 48.6 Å². The summed E-state index contributed by atoms with van der Waals surface area (Å²) in [7, 11) is 1.64. The molecule has 0 N–H and O–H groups in total. The lowest BCUT2D eigenvalue weighted by Crippen LogP contribution is -2.38. The molecular weight excluding hydrogens is 310 g/mol. The lowest BCUT2D eigenvalue weighted by Gasteiger charge is -2.29. The zero-order valence-corrected chi connectivity index (χ0v) is 14.1. The number of anilines is 1. The number of hydrogen-bond acceptors (Lipinski definition) is 4. The third kappa shape index (κ3) is 3.92. The maximum atomic E-state index is 13.0. The van der Waals surface area contributed by atoms with Gasteiger partial charge in [0.1, 0.15) is 5.75 Å². The van der Waals surface area contributed by atoms with Crippen molar-refractivity contribution in [1.29, 1.82) is 0 Å². The van der Waals surface area contributed by atoms with Gasteiger partial charge < -0.3 is 14.4 Å². The van der Waals surface area contributed by atoms with Gasteiger partial charge in [0.05, 0.1) is 13.7 Å². The van der Waals surface area contributed by atoms with Gasteiger partial charge in [-0.3, -0.25) is 4.79 Å². The average molecular weight is 331 g/mol. The summed E-state index contributed by atoms with van der Waals surface area (Å²) in [5.41, 5.74) is 0.913. The molecular formula is C18H21NO3S. The van der Waals surface area contributed by atoms with E-state index in [9.17, 15) is 4.79 Å². The summed E-state index contributed by atoms with van der Waals surface area (Å²) >= 11 is 1.67. The predicted molar refractivity (Wildman–Crippen MR) is 92.0 cm³/mol. The first kappa shape index (κ1) is 16.0. The van der Waals surface area contributed by atoms with Gasteiger partial charge in [-0.2, -0.15) is 0 Å². The minimum Gasteiger partial charge on any atom is -0.497 e. The maximum Gasteiger partial charge on any atom is 0.230 e. The van der Waals surface area contributed by atoms with Gasteiger partial charge in [0, 0.05) is 29.7 Å². The molecule has 1 aliphatic heterocycles. The van der Waals surface area contributed by atoms with Crippen molar-refractivity contribution in [3.8, 4) is 5.75 Å². The molecule has 2 aromatic rings. The molecule has 23 heavy (non-hydrogen) atoms. The van der Waals surface area contributed by atoms with E-state index in [0.717, 1.165) is 24.3 Å². The predicted octanol–water partition coefficient (Wildman–Crippen LogP) is 3.72. The van der Waals surface area contributed by atoms with E-state index in [1.165, 1.54) is 4.88 Å². The van der Waals surface area contributed by atoms with Crippen molar-refractivity contribution in [2.45, 2.75) is 19.4 Å². The van der Waals surface area contributed by atoms with Gasteiger partial charge in [-0.25, -0.2) is 0 Å². The molecule has 0 unspecified atom stereocenters. The number of carbonyl (C=O) groups excluding carboxylic acids is 1. The standard InChI is InChI=1S/C18H21NO3S/c1-21-16-6-4-15(5-7-16)19(13-17-3-2-12-23-17)18(20)14-8-10-22-11-9-14/h2-7,12,14H,8-11,13H2,1H3. The number of hydrogen-bond donors (Lipinski definition) is 0. The SMILES string of the molecule is COc1ccc(N(Cc2cccs2)C(=O)C2CCOCC2)cc1. The highest BCUT2D eigenvalue weighted by molar-refractivity contribution is 7.09. The third-order valence-electron chi connectivity index (χ3n) is 4.11. The smallest absolute Gasteiger partial charge is 0.230 e. The van der Waals surface area contributed by atoms with E-state index in [-0.39, 0.29) is 11.8 Å². The Morgan fingerprint density at radius 1 is 1.26 bits per heavy atom. The van der Waals surface area contributed by atoms with E-state index in [1.54, 1.807) is 18.4 Å². The van der Waals surface area contributed by atoms with Crippen LogP contribution in [0.4, 0.5) is 5.69 Å². The van der Waals surface area contributed by atoms with Crippen LogP contribution in [0, 0.1) is 5.92 Å². The minimum absolute atomic E-state index is 0.0470. The normalized spacial score (nSPS) is 15.3. The molecule has 0 bridgehead atoms. The van der Waals surface area contributed by atoms with Gasteiger partial charge in [0.25, 0.3) is 0 Å². The Bertz CT molecular complexity index is 618. The van der Waals surface area contributed by atoms with Crippen molar-refractivity contribution < 1.29 is 14.3 Å². The molecule has 1 aromatic carbocycles. The first-order valence-electron chi connectivity index (χ1n) is 7.83. The van der Waals surface area contributed by atoms with E-state index in [1.807, 2.05) is 40.6 Å². The van der Waals surface area contributed by atoms with Crippen LogP contribution in [0.3, 0.4) is 0 Å². The number of ether oxygens (including phenoxy) is 2. The second-order valence-electron chi connectivity index (χ2n) is 5.59. The largest absolute Gasteiger partial charge is 0.497 e. The molecule has 0 spiro atoms. The van der Waals surface area contributed by atoms with Crippen molar-refractivity contribution in [2.24, 2.45) is 5.92 Å². The van der Waals surface area contributed by atoms with Crippen LogP contribution in [0.15, 0.2) is 41.8 Å². The second kappa shape index (κ2) is 7.62. The van der Waals surface area contributed by atoms with Crippen LogP contribution < -0.4 is 9.64 Å². The Morgan fingerprint density at radius 2 is 2.00 bits per heavy atom. The molecule has 4 nitrogen and oxygen atoms in total. The summed E-state index contributed by atoms with van der Waals surface area (Å²) in [4.78, 5) is 16.1. The van der Waals surface area contributed by atoms with Crippen LogP contribution in [-0.2, 0) is 16.1 Å². The number of carbonyl (C=O) groups is 1. The van der Waals surface area contributed by atoms with Gasteiger partial charge in [-0.15, -0.1) is 11.3 Å². The number of amides is 1. The quantitative estimate of drug-likeness (QED) is 0.838. The first-order valence-corrected chi connectivity index (χ1v) is 8.71. The van der Waals surface area contributed by atoms with Crippen LogP contribution in [0.25, 0.3) is 0 Å². The number of thiophene rings is 1. The van der Waals surface area contributed by atoms with Crippen LogP contribution in [-0.4, -0.2) is 26.2 Å². The van der Waals surface area contributed by atoms with E-state index in [2.05, 4.69) is 6.07 Å². The molecule has 1 amide bonds. The van der Waals surface area contributed by atoms with Gasteiger partial charge in [0.15, 0.2) is 0 Å². The van der Waals surface area contributed by atoms with E-state index < -0.39 is 0 Å². The third-order valence-corrected chi connectivity index (χ3v) is 4.98. The summed E-state index contributed by atoms with van der Waals surface area (Å²) in [6, 6.07) is 11.8. The van der Waals surface area contributed by atoms with Gasteiger partial charge in [-0.1, -0.05) is 6.07 Å². The number of nitrogens with zero attached hydrogens (tertiary/aromatic N) is 1. The Kier molecular flexibility index (Phi) is 5.31. The van der Waals surface area contributed by atoms with Crippen LogP contribution in [0.2, 0.25) is 0 Å². The van der Waals surface area contributed by atoms with Crippen LogP contribution >= 0.6 is 11.3 Å². The molecule has 1 aromatic heterocycles. The zero-order chi connectivity index (χ0) is 16.1. The highest BCUT2D eigenvalue weighted by Crippen LogP contribution is 2.27. The lowest BCUT2D eigenvalue weighted by atomic mass is 9.98. The van der Waals surface area contributed by atoms with E-state index in [4.69, 9.17) is 9.47 Å². The summed E-state index contributed by atoms with van der Waals surface area (Å²) in [6.45, 7) is 1.96. The molecule has 1 aliphatic rings. The van der Waals surface area contributed by atoms with Crippen molar-refractivity contribution in [3.05, 3.63) is 46.7 Å². The molecule has 0 atom stereocenters. The molecule has 0 saturated carbocycles. The van der Waals surface area contributed by atoms with Crippen molar-refractivity contribution in [3.63, 3.8) is 0 Å².